The normalized spacial score (nSPS) is 40.9. The highest BCUT2D eigenvalue weighted by Gasteiger charge is 2.31. The predicted octanol–water partition coefficient (Wildman–Crippen LogP) is 1.41. The van der Waals surface area contributed by atoms with Crippen LogP contribution in [0.1, 0.15) is 27.2 Å². The summed E-state index contributed by atoms with van der Waals surface area (Å²) < 4.78 is 5.31. The zero-order chi connectivity index (χ0) is 8.43. The lowest BCUT2D eigenvalue weighted by molar-refractivity contribution is 0.0633. The molecule has 0 saturated carbocycles. The number of rotatable bonds is 2. The minimum Gasteiger partial charge on any atom is -0.381 e. The van der Waals surface area contributed by atoms with E-state index < -0.39 is 0 Å². The minimum absolute atomic E-state index is 0.391. The van der Waals surface area contributed by atoms with Crippen molar-refractivity contribution in [1.29, 1.82) is 0 Å². The van der Waals surface area contributed by atoms with Crippen molar-refractivity contribution in [2.24, 2.45) is 5.92 Å². The van der Waals surface area contributed by atoms with E-state index in [1.165, 1.54) is 6.42 Å². The van der Waals surface area contributed by atoms with Gasteiger partial charge in [-0.3, -0.25) is 0 Å². The van der Waals surface area contributed by atoms with Gasteiger partial charge in [0.15, 0.2) is 0 Å². The van der Waals surface area contributed by atoms with E-state index in [0.717, 1.165) is 0 Å². The summed E-state index contributed by atoms with van der Waals surface area (Å²) in [7, 11) is 1.79. The lowest BCUT2D eigenvalue weighted by atomic mass is 9.95. The first-order chi connectivity index (χ1) is 5.15. The van der Waals surface area contributed by atoms with Crippen molar-refractivity contribution < 1.29 is 4.74 Å². The molecule has 11 heavy (non-hydrogen) atoms. The molecule has 1 fully saturated rings. The number of ether oxygens (including phenoxy) is 1. The Bertz CT molecular complexity index is 123. The molecule has 66 valence electrons. The highest BCUT2D eigenvalue weighted by atomic mass is 16.5. The summed E-state index contributed by atoms with van der Waals surface area (Å²) in [5, 5.41) is 3.50. The van der Waals surface area contributed by atoms with Crippen LogP contribution in [-0.4, -0.2) is 25.3 Å². The summed E-state index contributed by atoms with van der Waals surface area (Å²) in [6, 6.07) is 1.27. The van der Waals surface area contributed by atoms with Gasteiger partial charge in [-0.2, -0.15) is 0 Å². The first-order valence-corrected chi connectivity index (χ1v) is 4.44. The van der Waals surface area contributed by atoms with Crippen LogP contribution in [0.15, 0.2) is 0 Å². The zero-order valence-electron chi connectivity index (χ0n) is 7.92. The molecule has 0 aromatic heterocycles. The first kappa shape index (κ1) is 9.01. The Morgan fingerprint density at radius 3 is 2.45 bits per heavy atom. The summed E-state index contributed by atoms with van der Waals surface area (Å²) in [5.74, 6) is 0.690. The molecule has 1 aliphatic rings. The lowest BCUT2D eigenvalue weighted by Gasteiger charge is -2.20. The first-order valence-electron chi connectivity index (χ1n) is 4.44. The van der Waals surface area contributed by atoms with Gasteiger partial charge in [0.2, 0.25) is 0 Å². The molecule has 4 unspecified atom stereocenters. The topological polar surface area (TPSA) is 21.3 Å². The van der Waals surface area contributed by atoms with Crippen molar-refractivity contribution in [3.05, 3.63) is 0 Å². The molecule has 0 bridgehead atoms. The van der Waals surface area contributed by atoms with Crippen LogP contribution in [0.2, 0.25) is 0 Å². The van der Waals surface area contributed by atoms with Crippen LogP contribution in [0.5, 0.6) is 0 Å². The van der Waals surface area contributed by atoms with Gasteiger partial charge in [-0.25, -0.2) is 0 Å². The third-order valence-electron chi connectivity index (χ3n) is 2.79. The molecule has 1 heterocycles. The van der Waals surface area contributed by atoms with Gasteiger partial charge in [0.1, 0.15) is 0 Å². The Morgan fingerprint density at radius 1 is 1.45 bits per heavy atom. The third kappa shape index (κ3) is 1.94. The number of hydrogen-bond donors (Lipinski definition) is 1. The average molecular weight is 157 g/mol. The van der Waals surface area contributed by atoms with Crippen molar-refractivity contribution in [1.82, 2.24) is 5.32 Å². The smallest absolute Gasteiger partial charge is 0.0586 e. The Balaban J connectivity index is 2.45. The monoisotopic (exact) mass is 157 g/mol. The Morgan fingerprint density at radius 2 is 2.09 bits per heavy atom. The molecule has 0 aliphatic carbocycles. The second kappa shape index (κ2) is 3.55. The van der Waals surface area contributed by atoms with Crippen LogP contribution in [0.25, 0.3) is 0 Å². The van der Waals surface area contributed by atoms with Crippen molar-refractivity contribution >= 4 is 0 Å². The van der Waals surface area contributed by atoms with Crippen LogP contribution in [0, 0.1) is 5.92 Å². The minimum atomic E-state index is 0.391. The summed E-state index contributed by atoms with van der Waals surface area (Å²) in [4.78, 5) is 0. The summed E-state index contributed by atoms with van der Waals surface area (Å²) in [6.45, 7) is 6.63. The largest absolute Gasteiger partial charge is 0.381 e. The summed E-state index contributed by atoms with van der Waals surface area (Å²) >= 11 is 0. The fourth-order valence-corrected chi connectivity index (χ4v) is 2.03. The quantitative estimate of drug-likeness (QED) is 0.654. The molecule has 1 aliphatic heterocycles. The maximum absolute atomic E-state index is 5.31. The molecule has 0 amide bonds. The molecular weight excluding hydrogens is 138 g/mol. The van der Waals surface area contributed by atoms with Crippen LogP contribution in [-0.2, 0) is 4.74 Å². The Hall–Kier alpha value is -0.0800. The third-order valence-corrected chi connectivity index (χ3v) is 2.79. The van der Waals surface area contributed by atoms with Gasteiger partial charge in [-0.1, -0.05) is 0 Å². The molecular formula is C9H19NO. The van der Waals surface area contributed by atoms with Crippen molar-refractivity contribution in [2.75, 3.05) is 7.11 Å². The summed E-state index contributed by atoms with van der Waals surface area (Å²) in [5.41, 5.74) is 0. The van der Waals surface area contributed by atoms with Gasteiger partial charge in [0.25, 0.3) is 0 Å². The average Bonchev–Trinajstić information content (AvgIpc) is 2.28. The lowest BCUT2D eigenvalue weighted by Crippen LogP contribution is -2.31. The van der Waals surface area contributed by atoms with Gasteiger partial charge >= 0.3 is 0 Å². The molecule has 1 N–H and O–H groups in total. The number of nitrogens with one attached hydrogen (secondary N) is 1. The Labute approximate surface area is 69.3 Å². The zero-order valence-corrected chi connectivity index (χ0v) is 7.92. The second-order valence-electron chi connectivity index (χ2n) is 3.70. The second-order valence-corrected chi connectivity index (χ2v) is 3.70. The number of methoxy groups -OCH3 is 1. The Kier molecular flexibility index (Phi) is 2.90. The molecule has 1 saturated heterocycles. The highest BCUT2D eigenvalue weighted by Crippen LogP contribution is 2.24. The van der Waals surface area contributed by atoms with E-state index in [4.69, 9.17) is 4.74 Å². The SMILES string of the molecule is COC(C)C1CC(C)NC1C. The van der Waals surface area contributed by atoms with E-state index >= 15 is 0 Å². The molecule has 0 aromatic rings. The standard InChI is InChI=1S/C9H19NO/c1-6-5-9(7(2)10-6)8(3)11-4/h6-10H,5H2,1-4H3. The molecule has 0 aromatic carbocycles. The van der Waals surface area contributed by atoms with E-state index in [9.17, 15) is 0 Å². The van der Waals surface area contributed by atoms with Crippen LogP contribution in [0.3, 0.4) is 0 Å². The van der Waals surface area contributed by atoms with E-state index in [1.54, 1.807) is 7.11 Å². The molecule has 0 spiro atoms. The fraction of sp³-hybridized carbons (Fsp3) is 1.00. The highest BCUT2D eigenvalue weighted by molar-refractivity contribution is 4.88. The van der Waals surface area contributed by atoms with Crippen molar-refractivity contribution in [3.8, 4) is 0 Å². The molecule has 4 atom stereocenters. The summed E-state index contributed by atoms with van der Waals surface area (Å²) in [6.07, 6.45) is 1.64. The maximum atomic E-state index is 5.31. The van der Waals surface area contributed by atoms with Gasteiger partial charge in [-0.05, 0) is 27.2 Å². The van der Waals surface area contributed by atoms with Crippen molar-refractivity contribution in [3.63, 3.8) is 0 Å². The van der Waals surface area contributed by atoms with E-state index in [0.29, 0.717) is 24.1 Å². The molecule has 0 radical (unpaired) electrons. The predicted molar refractivity (Wildman–Crippen MR) is 46.6 cm³/mol. The van der Waals surface area contributed by atoms with E-state index in [1.807, 2.05) is 0 Å². The molecule has 1 rings (SSSR count). The van der Waals surface area contributed by atoms with Crippen LogP contribution in [0.4, 0.5) is 0 Å². The van der Waals surface area contributed by atoms with Gasteiger partial charge in [0.05, 0.1) is 6.10 Å². The van der Waals surface area contributed by atoms with Gasteiger partial charge in [-0.15, -0.1) is 0 Å². The fourth-order valence-electron chi connectivity index (χ4n) is 2.03. The molecule has 2 nitrogen and oxygen atoms in total. The van der Waals surface area contributed by atoms with Crippen molar-refractivity contribution in [2.45, 2.75) is 45.4 Å². The molecule has 2 heteroatoms. The van der Waals surface area contributed by atoms with E-state index in [-0.39, 0.29) is 0 Å². The van der Waals surface area contributed by atoms with E-state index in [2.05, 4.69) is 26.1 Å². The van der Waals surface area contributed by atoms with Crippen LogP contribution < -0.4 is 5.32 Å². The maximum Gasteiger partial charge on any atom is 0.0586 e. The van der Waals surface area contributed by atoms with Crippen LogP contribution >= 0.6 is 0 Å². The number of hydrogen-bond acceptors (Lipinski definition) is 2. The van der Waals surface area contributed by atoms with Gasteiger partial charge in [0, 0.05) is 25.1 Å². The van der Waals surface area contributed by atoms with Gasteiger partial charge < -0.3 is 10.1 Å².